The predicted octanol–water partition coefficient (Wildman–Crippen LogP) is 1.81. The molecular formula is C11H11ClN2O. The molecule has 1 aliphatic rings. The summed E-state index contributed by atoms with van der Waals surface area (Å²) in [6.45, 7) is 0.737. The van der Waals surface area contributed by atoms with Gasteiger partial charge in [0.25, 0.3) is 0 Å². The lowest BCUT2D eigenvalue weighted by molar-refractivity contribution is -0.116. The van der Waals surface area contributed by atoms with Crippen molar-refractivity contribution in [1.82, 2.24) is 5.32 Å². The molecule has 1 aromatic rings. The fourth-order valence-electron chi connectivity index (χ4n) is 1.42. The third kappa shape index (κ3) is 2.37. The van der Waals surface area contributed by atoms with Gasteiger partial charge in [-0.25, -0.2) is 0 Å². The highest BCUT2D eigenvalue weighted by Gasteiger charge is 2.17. The van der Waals surface area contributed by atoms with E-state index in [1.165, 1.54) is 0 Å². The minimum Gasteiger partial charge on any atom is -0.323 e. The van der Waals surface area contributed by atoms with E-state index in [-0.39, 0.29) is 11.9 Å². The molecule has 0 saturated heterocycles. The highest BCUT2D eigenvalue weighted by Crippen LogP contribution is 2.20. The van der Waals surface area contributed by atoms with Gasteiger partial charge in [0.2, 0.25) is 5.91 Å². The third-order valence-corrected chi connectivity index (χ3v) is 2.53. The van der Waals surface area contributed by atoms with E-state index in [2.05, 4.69) is 10.6 Å². The molecule has 0 spiro atoms. The lowest BCUT2D eigenvalue weighted by atomic mass is 10.2. The molecule has 15 heavy (non-hydrogen) atoms. The van der Waals surface area contributed by atoms with Crippen molar-refractivity contribution in [2.24, 2.45) is 0 Å². The molecule has 0 aliphatic carbocycles. The molecule has 1 heterocycles. The maximum Gasteiger partial charge on any atom is 0.245 e. The van der Waals surface area contributed by atoms with Gasteiger partial charge < -0.3 is 5.32 Å². The Balaban J connectivity index is 2.05. The van der Waals surface area contributed by atoms with Crippen molar-refractivity contribution in [3.8, 4) is 0 Å². The Bertz CT molecular complexity index is 403. The zero-order valence-corrected chi connectivity index (χ0v) is 8.79. The summed E-state index contributed by atoms with van der Waals surface area (Å²) in [5, 5.41) is 6.35. The van der Waals surface area contributed by atoms with Gasteiger partial charge in [-0.2, -0.15) is 0 Å². The number of halogens is 1. The Morgan fingerprint density at radius 2 is 2.27 bits per heavy atom. The molecular weight excluding hydrogens is 212 g/mol. The fourth-order valence-corrected chi connectivity index (χ4v) is 1.60. The first-order valence-electron chi connectivity index (χ1n) is 4.73. The zero-order valence-electron chi connectivity index (χ0n) is 8.03. The molecule has 1 atom stereocenters. The third-order valence-electron chi connectivity index (χ3n) is 2.20. The van der Waals surface area contributed by atoms with Gasteiger partial charge in [-0.15, -0.1) is 0 Å². The van der Waals surface area contributed by atoms with E-state index in [0.717, 1.165) is 6.54 Å². The van der Waals surface area contributed by atoms with E-state index in [1.807, 2.05) is 24.3 Å². The summed E-state index contributed by atoms with van der Waals surface area (Å²) in [4.78, 5) is 11.7. The maximum absolute atomic E-state index is 11.7. The van der Waals surface area contributed by atoms with Gasteiger partial charge in [-0.05, 0) is 12.1 Å². The van der Waals surface area contributed by atoms with Gasteiger partial charge in [-0.3, -0.25) is 10.1 Å². The second-order valence-electron chi connectivity index (χ2n) is 3.28. The van der Waals surface area contributed by atoms with E-state index in [0.29, 0.717) is 10.7 Å². The van der Waals surface area contributed by atoms with Crippen LogP contribution in [0.1, 0.15) is 0 Å². The van der Waals surface area contributed by atoms with Gasteiger partial charge in [0.05, 0.1) is 10.7 Å². The van der Waals surface area contributed by atoms with Gasteiger partial charge in [-0.1, -0.05) is 35.9 Å². The lowest BCUT2D eigenvalue weighted by Crippen LogP contribution is -2.35. The number of carbonyl (C=O) groups is 1. The molecule has 1 amide bonds. The summed E-state index contributed by atoms with van der Waals surface area (Å²) in [6.07, 6.45) is 3.77. The number of hydrogen-bond acceptors (Lipinski definition) is 2. The van der Waals surface area contributed by atoms with Gasteiger partial charge in [0.15, 0.2) is 0 Å². The van der Waals surface area contributed by atoms with E-state index in [9.17, 15) is 4.79 Å². The quantitative estimate of drug-likeness (QED) is 0.750. The van der Waals surface area contributed by atoms with E-state index in [1.54, 1.807) is 12.1 Å². The van der Waals surface area contributed by atoms with Crippen LogP contribution in [-0.2, 0) is 4.79 Å². The van der Waals surface area contributed by atoms with Crippen molar-refractivity contribution in [2.75, 3.05) is 11.9 Å². The first-order valence-corrected chi connectivity index (χ1v) is 5.10. The van der Waals surface area contributed by atoms with Crippen molar-refractivity contribution in [3.63, 3.8) is 0 Å². The van der Waals surface area contributed by atoms with Crippen LogP contribution < -0.4 is 10.6 Å². The van der Waals surface area contributed by atoms with Crippen molar-refractivity contribution in [1.29, 1.82) is 0 Å². The van der Waals surface area contributed by atoms with Gasteiger partial charge in [0, 0.05) is 6.54 Å². The van der Waals surface area contributed by atoms with Gasteiger partial charge in [0.1, 0.15) is 6.04 Å². The Morgan fingerprint density at radius 1 is 1.47 bits per heavy atom. The lowest BCUT2D eigenvalue weighted by Gasteiger charge is -2.11. The summed E-state index contributed by atoms with van der Waals surface area (Å²) < 4.78 is 0. The van der Waals surface area contributed by atoms with Crippen LogP contribution in [0.25, 0.3) is 0 Å². The maximum atomic E-state index is 11.7. The van der Waals surface area contributed by atoms with Crippen molar-refractivity contribution < 1.29 is 4.79 Å². The number of benzene rings is 1. The van der Waals surface area contributed by atoms with Crippen LogP contribution in [0.5, 0.6) is 0 Å². The van der Waals surface area contributed by atoms with Crippen LogP contribution in [0.3, 0.4) is 0 Å². The van der Waals surface area contributed by atoms with Crippen molar-refractivity contribution in [2.45, 2.75) is 6.04 Å². The van der Waals surface area contributed by atoms with Crippen LogP contribution in [0.2, 0.25) is 5.02 Å². The summed E-state index contributed by atoms with van der Waals surface area (Å²) >= 11 is 5.92. The molecule has 0 fully saturated rings. The molecule has 0 unspecified atom stereocenters. The van der Waals surface area contributed by atoms with Crippen LogP contribution in [0, 0.1) is 0 Å². The molecule has 0 aromatic heterocycles. The summed E-state index contributed by atoms with van der Waals surface area (Å²) in [5.74, 6) is -0.0862. The van der Waals surface area contributed by atoms with Crippen molar-refractivity contribution >= 4 is 23.2 Å². The number of carbonyl (C=O) groups excluding carboxylic acids is 1. The van der Waals surface area contributed by atoms with Gasteiger partial charge >= 0.3 is 0 Å². The number of nitrogens with one attached hydrogen (secondary N) is 2. The molecule has 0 radical (unpaired) electrons. The van der Waals surface area contributed by atoms with E-state index in [4.69, 9.17) is 11.6 Å². The molecule has 78 valence electrons. The molecule has 2 rings (SSSR count). The Kier molecular flexibility index (Phi) is 3.04. The van der Waals surface area contributed by atoms with Crippen LogP contribution in [-0.4, -0.2) is 18.5 Å². The summed E-state index contributed by atoms with van der Waals surface area (Å²) in [6, 6.07) is 6.93. The SMILES string of the molecule is O=C(Nc1ccccc1Cl)[C@@H]1C=CCN1. The average molecular weight is 223 g/mol. The Morgan fingerprint density at radius 3 is 2.93 bits per heavy atom. The highest BCUT2D eigenvalue weighted by molar-refractivity contribution is 6.33. The first kappa shape index (κ1) is 10.2. The molecule has 1 aliphatic heterocycles. The molecule has 0 bridgehead atoms. The molecule has 2 N–H and O–H groups in total. The van der Waals surface area contributed by atoms with Crippen LogP contribution in [0.4, 0.5) is 5.69 Å². The van der Waals surface area contributed by atoms with E-state index >= 15 is 0 Å². The largest absolute Gasteiger partial charge is 0.323 e. The normalized spacial score (nSPS) is 19.1. The predicted molar refractivity (Wildman–Crippen MR) is 61.0 cm³/mol. The first-order chi connectivity index (χ1) is 7.27. The zero-order chi connectivity index (χ0) is 10.7. The molecule has 1 aromatic carbocycles. The Labute approximate surface area is 93.1 Å². The smallest absolute Gasteiger partial charge is 0.245 e. The Hall–Kier alpha value is -1.32. The second kappa shape index (κ2) is 4.47. The average Bonchev–Trinajstić information content (AvgIpc) is 2.74. The molecule has 0 saturated carbocycles. The fraction of sp³-hybridized carbons (Fsp3) is 0.182. The second-order valence-corrected chi connectivity index (χ2v) is 3.69. The highest BCUT2D eigenvalue weighted by atomic mass is 35.5. The number of para-hydroxylation sites is 1. The minimum atomic E-state index is -0.249. The number of anilines is 1. The molecule has 3 nitrogen and oxygen atoms in total. The number of rotatable bonds is 2. The standard InChI is InChI=1S/C11H11ClN2O/c12-8-4-1-2-5-9(8)14-11(15)10-6-3-7-13-10/h1-6,10,13H,7H2,(H,14,15)/t10-/m0/s1. The number of amides is 1. The molecule has 4 heteroatoms. The monoisotopic (exact) mass is 222 g/mol. The topological polar surface area (TPSA) is 41.1 Å². The summed E-state index contributed by atoms with van der Waals surface area (Å²) in [7, 11) is 0. The summed E-state index contributed by atoms with van der Waals surface area (Å²) in [5.41, 5.74) is 0.645. The minimum absolute atomic E-state index is 0.0862. The van der Waals surface area contributed by atoms with Crippen molar-refractivity contribution in [3.05, 3.63) is 41.4 Å². The van der Waals surface area contributed by atoms with Crippen LogP contribution in [0.15, 0.2) is 36.4 Å². The van der Waals surface area contributed by atoms with E-state index < -0.39 is 0 Å². The number of hydrogen-bond donors (Lipinski definition) is 2. The van der Waals surface area contributed by atoms with Crippen LogP contribution >= 0.6 is 11.6 Å².